The molecule has 98 valence electrons. The summed E-state index contributed by atoms with van der Waals surface area (Å²) in [5.41, 5.74) is 0. The quantitative estimate of drug-likeness (QED) is 0.688. The summed E-state index contributed by atoms with van der Waals surface area (Å²) in [6, 6.07) is -0.606. The lowest BCUT2D eigenvalue weighted by atomic mass is 9.85. The van der Waals surface area contributed by atoms with Crippen LogP contribution in [0.25, 0.3) is 0 Å². The van der Waals surface area contributed by atoms with Gasteiger partial charge in [-0.05, 0) is 25.2 Å². The molecule has 2 rings (SSSR count). The molecule has 0 aromatic heterocycles. The van der Waals surface area contributed by atoms with Crippen molar-refractivity contribution in [3.8, 4) is 0 Å². The van der Waals surface area contributed by atoms with Gasteiger partial charge in [0.1, 0.15) is 6.04 Å². The van der Waals surface area contributed by atoms with Crippen LogP contribution in [0.15, 0.2) is 0 Å². The molecule has 5 nitrogen and oxygen atoms in total. The minimum atomic E-state index is -3.34. The summed E-state index contributed by atoms with van der Waals surface area (Å²) in [7, 11) is -2.03. The van der Waals surface area contributed by atoms with E-state index in [0.717, 1.165) is 25.7 Å². The van der Waals surface area contributed by atoms with E-state index in [0.29, 0.717) is 12.3 Å². The fourth-order valence-electron chi connectivity index (χ4n) is 3.23. The molecule has 1 saturated heterocycles. The van der Waals surface area contributed by atoms with Crippen molar-refractivity contribution in [3.63, 3.8) is 0 Å². The number of ether oxygens (including phenoxy) is 1. The zero-order chi connectivity index (χ0) is 12.6. The highest BCUT2D eigenvalue weighted by molar-refractivity contribution is 7.88. The van der Waals surface area contributed by atoms with Gasteiger partial charge in [-0.1, -0.05) is 12.8 Å². The molecule has 1 heterocycles. The Morgan fingerprint density at radius 2 is 1.94 bits per heavy atom. The molecule has 0 amide bonds. The zero-order valence-electron chi connectivity index (χ0n) is 10.3. The van der Waals surface area contributed by atoms with E-state index < -0.39 is 22.0 Å². The first-order valence-electron chi connectivity index (χ1n) is 6.01. The molecule has 3 atom stereocenters. The number of carbonyl (C=O) groups is 1. The Balaban J connectivity index is 2.30. The molecule has 1 aliphatic carbocycles. The van der Waals surface area contributed by atoms with Crippen molar-refractivity contribution in [2.45, 2.75) is 44.2 Å². The molecule has 2 aliphatic rings. The third-order valence-corrected chi connectivity index (χ3v) is 5.18. The number of carbonyl (C=O) groups excluding carboxylic acids is 1. The van der Waals surface area contributed by atoms with Crippen molar-refractivity contribution in [1.29, 1.82) is 0 Å². The molecule has 17 heavy (non-hydrogen) atoms. The van der Waals surface area contributed by atoms with E-state index in [1.54, 1.807) is 0 Å². The van der Waals surface area contributed by atoms with Gasteiger partial charge in [0, 0.05) is 6.04 Å². The van der Waals surface area contributed by atoms with Crippen molar-refractivity contribution in [3.05, 3.63) is 0 Å². The van der Waals surface area contributed by atoms with Crippen LogP contribution in [-0.4, -0.2) is 44.1 Å². The van der Waals surface area contributed by atoms with Crippen molar-refractivity contribution < 1.29 is 17.9 Å². The van der Waals surface area contributed by atoms with Crippen molar-refractivity contribution in [2.24, 2.45) is 5.92 Å². The van der Waals surface area contributed by atoms with Crippen LogP contribution in [0.2, 0.25) is 0 Å². The molecular formula is C11H19NO4S. The maximum atomic E-state index is 11.8. The number of nitrogens with zero attached hydrogens (tertiary/aromatic N) is 1. The van der Waals surface area contributed by atoms with Gasteiger partial charge in [0.15, 0.2) is 0 Å². The predicted octanol–water partition coefficient (Wildman–Crippen LogP) is 0.752. The standard InChI is InChI=1S/C11H19NO4S/c1-16-11(13)10-7-8-5-3-4-6-9(8)12(10)17(2,14)15/h8-10H,3-7H2,1-2H3/t8-,9-,10+/m0/s1. The maximum absolute atomic E-state index is 11.8. The second kappa shape index (κ2) is 4.57. The molecule has 6 heteroatoms. The lowest BCUT2D eigenvalue weighted by molar-refractivity contribution is -0.144. The van der Waals surface area contributed by atoms with Gasteiger partial charge in [0.2, 0.25) is 10.0 Å². The molecule has 2 fully saturated rings. The average Bonchev–Trinajstić information content (AvgIpc) is 2.66. The fourth-order valence-corrected chi connectivity index (χ4v) is 4.64. The number of esters is 1. The molecular weight excluding hydrogens is 242 g/mol. The molecule has 0 unspecified atom stereocenters. The fraction of sp³-hybridized carbons (Fsp3) is 0.909. The van der Waals surface area contributed by atoms with Crippen molar-refractivity contribution in [1.82, 2.24) is 4.31 Å². The number of methoxy groups -OCH3 is 1. The van der Waals surface area contributed by atoms with Gasteiger partial charge in [-0.2, -0.15) is 4.31 Å². The molecule has 1 aliphatic heterocycles. The van der Waals surface area contributed by atoms with Crippen LogP contribution in [0, 0.1) is 5.92 Å². The third kappa shape index (κ3) is 2.33. The Hall–Kier alpha value is -0.620. The van der Waals surface area contributed by atoms with Crippen LogP contribution >= 0.6 is 0 Å². The first kappa shape index (κ1) is 12.8. The summed E-state index contributed by atoms with van der Waals surface area (Å²) in [5.74, 6) is -0.104. The molecule has 0 aromatic carbocycles. The highest BCUT2D eigenvalue weighted by atomic mass is 32.2. The van der Waals surface area contributed by atoms with Crippen LogP contribution in [0.4, 0.5) is 0 Å². The molecule has 1 saturated carbocycles. The number of sulfonamides is 1. The SMILES string of the molecule is COC(=O)[C@H]1C[C@@H]2CCCC[C@@H]2N1S(C)(=O)=O. The summed E-state index contributed by atoms with van der Waals surface area (Å²) in [5, 5.41) is 0. The van der Waals surface area contributed by atoms with E-state index in [-0.39, 0.29) is 6.04 Å². The Labute approximate surface area is 102 Å². The minimum absolute atomic E-state index is 0.00264. The summed E-state index contributed by atoms with van der Waals surface area (Å²) >= 11 is 0. The zero-order valence-corrected chi connectivity index (χ0v) is 11.1. The van der Waals surface area contributed by atoms with Crippen molar-refractivity contribution in [2.75, 3.05) is 13.4 Å². The van der Waals surface area contributed by atoms with Gasteiger partial charge in [-0.15, -0.1) is 0 Å². The predicted molar refractivity (Wildman–Crippen MR) is 62.8 cm³/mol. The second-order valence-electron chi connectivity index (χ2n) is 4.98. The van der Waals surface area contributed by atoms with Crippen LogP contribution in [0.5, 0.6) is 0 Å². The highest BCUT2D eigenvalue weighted by Crippen LogP contribution is 2.41. The van der Waals surface area contributed by atoms with Gasteiger partial charge < -0.3 is 4.74 Å². The van der Waals surface area contributed by atoms with Crippen LogP contribution in [0.3, 0.4) is 0 Å². The van der Waals surface area contributed by atoms with Gasteiger partial charge in [-0.25, -0.2) is 8.42 Å². The lowest BCUT2D eigenvalue weighted by Gasteiger charge is -2.31. The van der Waals surface area contributed by atoms with Gasteiger partial charge in [-0.3, -0.25) is 4.79 Å². The molecule has 0 N–H and O–H groups in total. The molecule has 0 radical (unpaired) electrons. The van der Waals surface area contributed by atoms with Crippen molar-refractivity contribution >= 4 is 16.0 Å². The van der Waals surface area contributed by atoms with E-state index in [2.05, 4.69) is 0 Å². The molecule has 0 bridgehead atoms. The minimum Gasteiger partial charge on any atom is -0.468 e. The summed E-state index contributed by atoms with van der Waals surface area (Å²) in [6.07, 6.45) is 5.85. The van der Waals surface area contributed by atoms with Crippen LogP contribution in [0.1, 0.15) is 32.1 Å². The Morgan fingerprint density at radius 3 is 2.53 bits per heavy atom. The van der Waals surface area contributed by atoms with Gasteiger partial charge >= 0.3 is 5.97 Å². The molecule has 0 aromatic rings. The van der Waals surface area contributed by atoms with E-state index >= 15 is 0 Å². The summed E-state index contributed by atoms with van der Waals surface area (Å²) in [6.45, 7) is 0. The smallest absolute Gasteiger partial charge is 0.324 e. The topological polar surface area (TPSA) is 63.7 Å². The number of fused-ring (bicyclic) bond motifs is 1. The first-order valence-corrected chi connectivity index (χ1v) is 7.86. The maximum Gasteiger partial charge on any atom is 0.324 e. The highest BCUT2D eigenvalue weighted by Gasteiger charge is 2.49. The van der Waals surface area contributed by atoms with Gasteiger partial charge in [0.25, 0.3) is 0 Å². The largest absolute Gasteiger partial charge is 0.468 e. The number of rotatable bonds is 2. The van der Waals surface area contributed by atoms with Crippen LogP contribution < -0.4 is 0 Å². The summed E-state index contributed by atoms with van der Waals surface area (Å²) in [4.78, 5) is 11.7. The van der Waals surface area contributed by atoms with E-state index in [9.17, 15) is 13.2 Å². The van der Waals surface area contributed by atoms with Gasteiger partial charge in [0.05, 0.1) is 13.4 Å². The first-order chi connectivity index (χ1) is 7.95. The van der Waals surface area contributed by atoms with E-state index in [1.807, 2.05) is 0 Å². The van der Waals surface area contributed by atoms with E-state index in [4.69, 9.17) is 4.74 Å². The third-order valence-electron chi connectivity index (χ3n) is 3.89. The lowest BCUT2D eigenvalue weighted by Crippen LogP contribution is -2.45. The summed E-state index contributed by atoms with van der Waals surface area (Å²) < 4.78 is 29.8. The van der Waals surface area contributed by atoms with Crippen LogP contribution in [-0.2, 0) is 19.6 Å². The number of hydrogen-bond acceptors (Lipinski definition) is 4. The monoisotopic (exact) mass is 261 g/mol. The Bertz CT molecular complexity index is 406. The average molecular weight is 261 g/mol. The normalized spacial score (nSPS) is 34.4. The molecule has 0 spiro atoms. The second-order valence-corrected chi connectivity index (χ2v) is 6.87. The Morgan fingerprint density at radius 1 is 1.29 bits per heavy atom. The number of hydrogen-bond donors (Lipinski definition) is 0. The van der Waals surface area contributed by atoms with E-state index in [1.165, 1.54) is 17.7 Å². The Kier molecular flexibility index (Phi) is 3.45.